The normalized spacial score (nSPS) is 24.7. The lowest BCUT2D eigenvalue weighted by Gasteiger charge is -2.21. The Hall–Kier alpha value is -1.35. The quantitative estimate of drug-likeness (QED) is 0.867. The summed E-state index contributed by atoms with van der Waals surface area (Å²) in [6, 6.07) is 8.79. The minimum Gasteiger partial charge on any atom is -0.478 e. The summed E-state index contributed by atoms with van der Waals surface area (Å²) >= 11 is 0. The van der Waals surface area contributed by atoms with Crippen LogP contribution in [0, 0.1) is 12.8 Å². The van der Waals surface area contributed by atoms with Gasteiger partial charge in [-0.25, -0.2) is 4.99 Å². The molecule has 2 heterocycles. The number of nitrogens with one attached hydrogen (secondary N) is 1. The lowest BCUT2D eigenvalue weighted by atomic mass is 9.98. The van der Waals surface area contributed by atoms with E-state index in [-0.39, 0.29) is 6.04 Å². The summed E-state index contributed by atoms with van der Waals surface area (Å²) in [5.41, 5.74) is 2.57. The SMILES string of the molecule is Cc1cccc(C2COC(C3CCNCC3)=N2)c1. The van der Waals surface area contributed by atoms with Crippen molar-refractivity contribution in [3.8, 4) is 0 Å². The van der Waals surface area contributed by atoms with Gasteiger partial charge >= 0.3 is 0 Å². The molecule has 0 spiro atoms. The van der Waals surface area contributed by atoms with E-state index in [1.807, 2.05) is 0 Å². The molecule has 0 amide bonds. The van der Waals surface area contributed by atoms with Gasteiger partial charge in [-0.2, -0.15) is 0 Å². The summed E-state index contributed by atoms with van der Waals surface area (Å²) in [5.74, 6) is 1.52. The molecule has 0 radical (unpaired) electrons. The number of ether oxygens (including phenoxy) is 1. The predicted molar refractivity (Wildman–Crippen MR) is 72.9 cm³/mol. The molecule has 0 saturated carbocycles. The first kappa shape index (κ1) is 11.7. The molecule has 1 aromatic carbocycles. The maximum atomic E-state index is 5.82. The second-order valence-corrected chi connectivity index (χ2v) is 5.23. The molecule has 1 N–H and O–H groups in total. The predicted octanol–water partition coefficient (Wildman–Crippen LogP) is 2.46. The molecule has 18 heavy (non-hydrogen) atoms. The van der Waals surface area contributed by atoms with E-state index in [1.165, 1.54) is 11.1 Å². The van der Waals surface area contributed by atoms with Gasteiger partial charge in [-0.05, 0) is 38.4 Å². The molecule has 0 aromatic heterocycles. The van der Waals surface area contributed by atoms with Crippen molar-refractivity contribution < 1.29 is 4.74 Å². The van der Waals surface area contributed by atoms with Crippen LogP contribution in [0.3, 0.4) is 0 Å². The first-order valence-electron chi connectivity index (χ1n) is 6.81. The highest BCUT2D eigenvalue weighted by atomic mass is 16.5. The molecule has 1 atom stereocenters. The number of rotatable bonds is 2. The third-order valence-corrected chi connectivity index (χ3v) is 3.79. The third kappa shape index (κ3) is 2.41. The maximum absolute atomic E-state index is 5.82. The Labute approximate surface area is 108 Å². The number of hydrogen-bond donors (Lipinski definition) is 1. The second-order valence-electron chi connectivity index (χ2n) is 5.23. The van der Waals surface area contributed by atoms with Crippen molar-refractivity contribution in [2.24, 2.45) is 10.9 Å². The largest absolute Gasteiger partial charge is 0.478 e. The Kier molecular flexibility index (Phi) is 3.33. The fraction of sp³-hybridized carbons (Fsp3) is 0.533. The first-order valence-corrected chi connectivity index (χ1v) is 6.81. The van der Waals surface area contributed by atoms with Crippen LogP contribution in [0.15, 0.2) is 29.3 Å². The summed E-state index contributed by atoms with van der Waals surface area (Å²) in [7, 11) is 0. The number of aliphatic imine (C=N–C) groups is 1. The van der Waals surface area contributed by atoms with Crippen molar-refractivity contribution in [1.29, 1.82) is 0 Å². The third-order valence-electron chi connectivity index (χ3n) is 3.79. The van der Waals surface area contributed by atoms with E-state index >= 15 is 0 Å². The van der Waals surface area contributed by atoms with Gasteiger partial charge in [0.05, 0.1) is 0 Å². The summed E-state index contributed by atoms with van der Waals surface area (Å²) < 4.78 is 5.82. The van der Waals surface area contributed by atoms with Gasteiger partial charge < -0.3 is 10.1 Å². The van der Waals surface area contributed by atoms with Crippen LogP contribution >= 0.6 is 0 Å². The number of hydrogen-bond acceptors (Lipinski definition) is 3. The molecule has 2 aliphatic rings. The van der Waals surface area contributed by atoms with Crippen LogP contribution in [0.2, 0.25) is 0 Å². The molecule has 1 saturated heterocycles. The zero-order chi connectivity index (χ0) is 12.4. The van der Waals surface area contributed by atoms with Gasteiger partial charge in [-0.3, -0.25) is 0 Å². The molecule has 3 heteroatoms. The average molecular weight is 244 g/mol. The molecule has 1 aromatic rings. The number of benzene rings is 1. The van der Waals surface area contributed by atoms with Gasteiger partial charge in [-0.1, -0.05) is 29.8 Å². The minimum absolute atomic E-state index is 0.204. The number of nitrogens with zero attached hydrogens (tertiary/aromatic N) is 1. The van der Waals surface area contributed by atoms with E-state index in [1.54, 1.807) is 0 Å². The van der Waals surface area contributed by atoms with Crippen LogP contribution in [0.5, 0.6) is 0 Å². The van der Waals surface area contributed by atoms with Gasteiger partial charge in [0, 0.05) is 5.92 Å². The summed E-state index contributed by atoms with van der Waals surface area (Å²) in [6.07, 6.45) is 2.30. The Bertz CT molecular complexity index is 450. The minimum atomic E-state index is 0.204. The highest BCUT2D eigenvalue weighted by molar-refractivity contribution is 5.80. The van der Waals surface area contributed by atoms with E-state index in [4.69, 9.17) is 9.73 Å². The summed E-state index contributed by atoms with van der Waals surface area (Å²) in [6.45, 7) is 5.00. The molecular formula is C15H20N2O. The van der Waals surface area contributed by atoms with Crippen molar-refractivity contribution >= 4 is 5.90 Å². The van der Waals surface area contributed by atoms with Crippen molar-refractivity contribution in [3.63, 3.8) is 0 Å². The van der Waals surface area contributed by atoms with Crippen LogP contribution in [0.25, 0.3) is 0 Å². The van der Waals surface area contributed by atoms with E-state index in [0.29, 0.717) is 12.5 Å². The Morgan fingerprint density at radius 1 is 1.28 bits per heavy atom. The van der Waals surface area contributed by atoms with Gasteiger partial charge in [0.2, 0.25) is 0 Å². The molecule has 3 nitrogen and oxygen atoms in total. The molecular weight excluding hydrogens is 224 g/mol. The van der Waals surface area contributed by atoms with Gasteiger partial charge in [0.1, 0.15) is 12.6 Å². The van der Waals surface area contributed by atoms with Crippen LogP contribution in [0.4, 0.5) is 0 Å². The molecule has 2 aliphatic heterocycles. The molecule has 3 rings (SSSR count). The molecule has 0 bridgehead atoms. The van der Waals surface area contributed by atoms with Crippen molar-refractivity contribution in [3.05, 3.63) is 35.4 Å². The molecule has 1 fully saturated rings. The fourth-order valence-corrected chi connectivity index (χ4v) is 2.73. The van der Waals surface area contributed by atoms with Crippen molar-refractivity contribution in [1.82, 2.24) is 5.32 Å². The zero-order valence-corrected chi connectivity index (χ0v) is 10.9. The first-order chi connectivity index (χ1) is 8.83. The Balaban J connectivity index is 1.74. The summed E-state index contributed by atoms with van der Waals surface area (Å²) in [4.78, 5) is 4.79. The van der Waals surface area contributed by atoms with E-state index in [0.717, 1.165) is 31.8 Å². The lowest BCUT2D eigenvalue weighted by molar-refractivity contribution is 0.285. The Morgan fingerprint density at radius 3 is 2.89 bits per heavy atom. The van der Waals surface area contributed by atoms with E-state index in [9.17, 15) is 0 Å². The van der Waals surface area contributed by atoms with Gasteiger partial charge in [0.25, 0.3) is 0 Å². The van der Waals surface area contributed by atoms with E-state index < -0.39 is 0 Å². The monoisotopic (exact) mass is 244 g/mol. The zero-order valence-electron chi connectivity index (χ0n) is 10.9. The second kappa shape index (κ2) is 5.11. The van der Waals surface area contributed by atoms with Crippen LogP contribution < -0.4 is 5.32 Å². The maximum Gasteiger partial charge on any atom is 0.187 e. The highest BCUT2D eigenvalue weighted by Crippen LogP contribution is 2.28. The van der Waals surface area contributed by atoms with Crippen LogP contribution in [-0.4, -0.2) is 25.6 Å². The fourth-order valence-electron chi connectivity index (χ4n) is 2.73. The molecule has 0 aliphatic carbocycles. The lowest BCUT2D eigenvalue weighted by Crippen LogP contribution is -2.31. The highest BCUT2D eigenvalue weighted by Gasteiger charge is 2.27. The standard InChI is InChI=1S/C15H20N2O/c1-11-3-2-4-13(9-11)14-10-18-15(17-14)12-5-7-16-8-6-12/h2-4,9,12,14,16H,5-8,10H2,1H3. The molecule has 96 valence electrons. The van der Waals surface area contributed by atoms with Crippen LogP contribution in [-0.2, 0) is 4.74 Å². The number of aryl methyl sites for hydroxylation is 1. The van der Waals surface area contributed by atoms with Crippen molar-refractivity contribution in [2.45, 2.75) is 25.8 Å². The average Bonchev–Trinajstić information content (AvgIpc) is 2.89. The molecule has 1 unspecified atom stereocenters. The topological polar surface area (TPSA) is 33.6 Å². The van der Waals surface area contributed by atoms with Crippen molar-refractivity contribution in [2.75, 3.05) is 19.7 Å². The smallest absolute Gasteiger partial charge is 0.187 e. The van der Waals surface area contributed by atoms with E-state index in [2.05, 4.69) is 36.5 Å². The Morgan fingerprint density at radius 2 is 2.11 bits per heavy atom. The van der Waals surface area contributed by atoms with Crippen LogP contribution in [0.1, 0.15) is 30.0 Å². The van der Waals surface area contributed by atoms with Gasteiger partial charge in [-0.15, -0.1) is 0 Å². The number of piperidine rings is 1. The summed E-state index contributed by atoms with van der Waals surface area (Å²) in [5, 5.41) is 3.38. The van der Waals surface area contributed by atoms with Gasteiger partial charge in [0.15, 0.2) is 5.90 Å².